The second kappa shape index (κ2) is 4.37. The lowest BCUT2D eigenvalue weighted by Crippen LogP contribution is -2.18. The minimum absolute atomic E-state index is 0.0685. The first-order chi connectivity index (χ1) is 9.12. The summed E-state index contributed by atoms with van der Waals surface area (Å²) >= 11 is 0. The fraction of sp³-hybridized carbons (Fsp3) is 0.467. The fourth-order valence-corrected chi connectivity index (χ4v) is 2.72. The van der Waals surface area contributed by atoms with Crippen LogP contribution in [0.3, 0.4) is 0 Å². The van der Waals surface area contributed by atoms with Gasteiger partial charge in [-0.25, -0.2) is 0 Å². The van der Waals surface area contributed by atoms with Crippen molar-refractivity contribution in [2.24, 2.45) is 5.92 Å². The van der Waals surface area contributed by atoms with Crippen molar-refractivity contribution in [1.29, 1.82) is 0 Å². The molecule has 2 N–H and O–H groups in total. The topological polar surface area (TPSA) is 56.7 Å². The van der Waals surface area contributed by atoms with Crippen molar-refractivity contribution < 1.29 is 0 Å². The summed E-state index contributed by atoms with van der Waals surface area (Å²) in [5.74, 6) is 1.70. The van der Waals surface area contributed by atoms with Crippen LogP contribution in [0.4, 0.5) is 5.69 Å². The molecule has 1 saturated carbocycles. The van der Waals surface area contributed by atoms with E-state index in [4.69, 9.17) is 5.73 Å². The SMILES string of the molecule is CC(C)Cn1cnnc1C1(c2ccc(N)cc2)CC1. The highest BCUT2D eigenvalue weighted by Gasteiger charge is 2.49. The fourth-order valence-electron chi connectivity index (χ4n) is 2.72. The van der Waals surface area contributed by atoms with E-state index in [-0.39, 0.29) is 5.41 Å². The van der Waals surface area contributed by atoms with E-state index in [1.165, 1.54) is 5.56 Å². The summed E-state index contributed by atoms with van der Waals surface area (Å²) in [5, 5.41) is 8.50. The summed E-state index contributed by atoms with van der Waals surface area (Å²) in [6.07, 6.45) is 4.15. The molecule has 1 aromatic heterocycles. The van der Waals surface area contributed by atoms with Crippen molar-refractivity contribution in [3.05, 3.63) is 42.0 Å². The minimum Gasteiger partial charge on any atom is -0.399 e. The van der Waals surface area contributed by atoms with Crippen LogP contribution in [0.25, 0.3) is 0 Å². The van der Waals surface area contributed by atoms with Crippen LogP contribution in [0.5, 0.6) is 0 Å². The number of nitrogens with zero attached hydrogens (tertiary/aromatic N) is 3. The second-order valence-electron chi connectivity index (χ2n) is 5.90. The van der Waals surface area contributed by atoms with E-state index >= 15 is 0 Å². The van der Waals surface area contributed by atoms with Crippen LogP contribution in [-0.2, 0) is 12.0 Å². The maximum Gasteiger partial charge on any atom is 0.143 e. The Bertz CT molecular complexity index is 564. The summed E-state index contributed by atoms with van der Waals surface area (Å²) in [7, 11) is 0. The first-order valence-electron chi connectivity index (χ1n) is 6.86. The first-order valence-corrected chi connectivity index (χ1v) is 6.86. The Balaban J connectivity index is 1.97. The third-order valence-corrected chi connectivity index (χ3v) is 3.82. The summed E-state index contributed by atoms with van der Waals surface area (Å²) in [4.78, 5) is 0. The molecular formula is C15H20N4. The Hall–Kier alpha value is -1.84. The normalized spacial score (nSPS) is 16.8. The number of rotatable bonds is 4. The molecule has 0 bridgehead atoms. The van der Waals surface area contributed by atoms with Gasteiger partial charge in [0.2, 0.25) is 0 Å². The van der Waals surface area contributed by atoms with Gasteiger partial charge in [0, 0.05) is 12.2 Å². The third-order valence-electron chi connectivity index (χ3n) is 3.82. The van der Waals surface area contributed by atoms with Crippen molar-refractivity contribution >= 4 is 5.69 Å². The van der Waals surface area contributed by atoms with E-state index in [0.717, 1.165) is 30.9 Å². The standard InChI is InChI=1S/C15H20N4/c1-11(2)9-19-10-17-18-14(19)15(7-8-15)12-3-5-13(16)6-4-12/h3-6,10-11H,7-9,16H2,1-2H3. The number of nitrogen functional groups attached to an aromatic ring is 1. The first kappa shape index (κ1) is 12.2. The Morgan fingerprint density at radius 3 is 2.53 bits per heavy atom. The van der Waals surface area contributed by atoms with Crippen LogP contribution < -0.4 is 5.73 Å². The summed E-state index contributed by atoms with van der Waals surface area (Å²) < 4.78 is 2.20. The molecular weight excluding hydrogens is 236 g/mol. The predicted octanol–water partition coefficient (Wildman–Crippen LogP) is 2.60. The lowest BCUT2D eigenvalue weighted by molar-refractivity contribution is 0.494. The van der Waals surface area contributed by atoms with E-state index in [9.17, 15) is 0 Å². The Kier molecular flexibility index (Phi) is 2.81. The molecule has 1 fully saturated rings. The number of benzene rings is 1. The van der Waals surface area contributed by atoms with Crippen LogP contribution in [0.2, 0.25) is 0 Å². The van der Waals surface area contributed by atoms with E-state index in [2.05, 4.69) is 40.7 Å². The average molecular weight is 256 g/mol. The number of aromatic nitrogens is 3. The zero-order valence-electron chi connectivity index (χ0n) is 11.5. The molecule has 1 aliphatic rings. The molecule has 0 atom stereocenters. The quantitative estimate of drug-likeness (QED) is 0.855. The Morgan fingerprint density at radius 1 is 1.26 bits per heavy atom. The van der Waals surface area contributed by atoms with Crippen molar-refractivity contribution in [1.82, 2.24) is 14.8 Å². The minimum atomic E-state index is 0.0685. The molecule has 100 valence electrons. The number of nitrogens with two attached hydrogens (primary N) is 1. The zero-order valence-corrected chi connectivity index (χ0v) is 11.5. The Morgan fingerprint density at radius 2 is 1.95 bits per heavy atom. The van der Waals surface area contributed by atoms with Gasteiger partial charge in [0.15, 0.2) is 0 Å². The van der Waals surface area contributed by atoms with Gasteiger partial charge >= 0.3 is 0 Å². The third kappa shape index (κ3) is 2.11. The molecule has 0 spiro atoms. The predicted molar refractivity (Wildman–Crippen MR) is 75.7 cm³/mol. The van der Waals surface area contributed by atoms with Gasteiger partial charge in [-0.15, -0.1) is 10.2 Å². The molecule has 19 heavy (non-hydrogen) atoms. The molecule has 0 amide bonds. The largest absolute Gasteiger partial charge is 0.399 e. The second-order valence-corrected chi connectivity index (χ2v) is 5.90. The lowest BCUT2D eigenvalue weighted by Gasteiger charge is -2.17. The zero-order chi connectivity index (χ0) is 13.5. The smallest absolute Gasteiger partial charge is 0.143 e. The average Bonchev–Trinajstić information content (AvgIpc) is 3.04. The van der Waals surface area contributed by atoms with Gasteiger partial charge in [0.05, 0.1) is 5.41 Å². The van der Waals surface area contributed by atoms with E-state index in [1.54, 1.807) is 0 Å². The molecule has 1 heterocycles. The van der Waals surface area contributed by atoms with Gasteiger partial charge in [-0.1, -0.05) is 26.0 Å². The molecule has 0 aliphatic heterocycles. The van der Waals surface area contributed by atoms with E-state index in [1.807, 2.05) is 18.5 Å². The lowest BCUT2D eigenvalue weighted by atomic mass is 9.94. The number of hydrogen-bond acceptors (Lipinski definition) is 3. The Labute approximate surface area is 113 Å². The molecule has 4 nitrogen and oxygen atoms in total. The van der Waals surface area contributed by atoms with Crippen LogP contribution in [0.15, 0.2) is 30.6 Å². The molecule has 4 heteroatoms. The maximum absolute atomic E-state index is 5.77. The van der Waals surface area contributed by atoms with Crippen molar-refractivity contribution in [3.63, 3.8) is 0 Å². The van der Waals surface area contributed by atoms with Gasteiger partial charge in [-0.3, -0.25) is 0 Å². The van der Waals surface area contributed by atoms with Crippen molar-refractivity contribution in [3.8, 4) is 0 Å². The summed E-state index contributed by atoms with van der Waals surface area (Å²) in [6.45, 7) is 5.40. The van der Waals surface area contributed by atoms with Gasteiger partial charge in [-0.2, -0.15) is 0 Å². The van der Waals surface area contributed by atoms with Gasteiger partial charge in [0.1, 0.15) is 12.2 Å². The van der Waals surface area contributed by atoms with Gasteiger partial charge < -0.3 is 10.3 Å². The van der Waals surface area contributed by atoms with E-state index < -0.39 is 0 Å². The molecule has 2 aromatic rings. The van der Waals surface area contributed by atoms with E-state index in [0.29, 0.717) is 5.92 Å². The van der Waals surface area contributed by atoms with Crippen LogP contribution >= 0.6 is 0 Å². The molecule has 0 radical (unpaired) electrons. The molecule has 3 rings (SSSR count). The van der Waals surface area contributed by atoms with Crippen molar-refractivity contribution in [2.45, 2.75) is 38.6 Å². The maximum atomic E-state index is 5.77. The van der Waals surface area contributed by atoms with Gasteiger partial charge in [0.25, 0.3) is 0 Å². The van der Waals surface area contributed by atoms with Crippen LogP contribution in [0.1, 0.15) is 38.1 Å². The number of anilines is 1. The van der Waals surface area contributed by atoms with Crippen LogP contribution in [0, 0.1) is 5.92 Å². The highest BCUT2D eigenvalue weighted by Crippen LogP contribution is 2.52. The highest BCUT2D eigenvalue weighted by atomic mass is 15.3. The molecule has 1 aromatic carbocycles. The summed E-state index contributed by atoms with van der Waals surface area (Å²) in [6, 6.07) is 8.19. The van der Waals surface area contributed by atoms with Crippen LogP contribution in [-0.4, -0.2) is 14.8 Å². The van der Waals surface area contributed by atoms with Gasteiger partial charge in [-0.05, 0) is 36.5 Å². The molecule has 0 unspecified atom stereocenters. The number of hydrogen-bond donors (Lipinski definition) is 1. The monoisotopic (exact) mass is 256 g/mol. The molecule has 1 aliphatic carbocycles. The highest BCUT2D eigenvalue weighted by molar-refractivity contribution is 5.46. The molecule has 0 saturated heterocycles. The summed E-state index contributed by atoms with van der Waals surface area (Å²) in [5.41, 5.74) is 7.95. The van der Waals surface area contributed by atoms with Crippen molar-refractivity contribution in [2.75, 3.05) is 5.73 Å².